The minimum Gasteiger partial charge on any atom is -0.444 e. The number of alkyl carbamates (subject to hydrolysis) is 1. The molecular weight excluding hydrogens is 246 g/mol. The van der Waals surface area contributed by atoms with Crippen LogP contribution in [0.3, 0.4) is 0 Å². The maximum Gasteiger partial charge on any atom is 0.407 e. The van der Waals surface area contributed by atoms with E-state index in [1.807, 2.05) is 0 Å². The van der Waals surface area contributed by atoms with Gasteiger partial charge in [0.2, 0.25) is 0 Å². The van der Waals surface area contributed by atoms with E-state index in [1.165, 1.54) is 0 Å². The third-order valence-corrected chi connectivity index (χ3v) is 3.27. The van der Waals surface area contributed by atoms with Gasteiger partial charge in [-0.1, -0.05) is 6.42 Å². The van der Waals surface area contributed by atoms with Crippen molar-refractivity contribution in [2.75, 3.05) is 0 Å². The Morgan fingerprint density at radius 2 is 2.05 bits per heavy atom. The molecule has 110 valence electrons. The Morgan fingerprint density at radius 1 is 1.42 bits per heavy atom. The zero-order valence-electron chi connectivity index (χ0n) is 12.2. The monoisotopic (exact) mass is 271 g/mol. The van der Waals surface area contributed by atoms with Crippen molar-refractivity contribution in [3.63, 3.8) is 0 Å². The summed E-state index contributed by atoms with van der Waals surface area (Å²) in [4.78, 5) is 23.4. The first-order valence-corrected chi connectivity index (χ1v) is 6.91. The Kier molecular flexibility index (Phi) is 5.35. The topological polar surface area (TPSA) is 75.6 Å². The van der Waals surface area contributed by atoms with Gasteiger partial charge in [-0.05, 0) is 40.5 Å². The van der Waals surface area contributed by atoms with Crippen LogP contribution in [-0.4, -0.2) is 34.7 Å². The molecule has 0 saturated heterocycles. The Labute approximate surface area is 114 Å². The van der Waals surface area contributed by atoms with Crippen molar-refractivity contribution in [1.82, 2.24) is 5.32 Å². The van der Waals surface area contributed by atoms with Gasteiger partial charge in [-0.2, -0.15) is 0 Å². The minimum absolute atomic E-state index is 0.0941. The van der Waals surface area contributed by atoms with Crippen LogP contribution in [0, 0.1) is 5.92 Å². The molecule has 1 fully saturated rings. The van der Waals surface area contributed by atoms with Crippen LogP contribution in [0.4, 0.5) is 4.79 Å². The second-order valence-electron chi connectivity index (χ2n) is 6.24. The first-order chi connectivity index (χ1) is 8.70. The molecule has 5 nitrogen and oxygen atoms in total. The summed E-state index contributed by atoms with van der Waals surface area (Å²) in [6.45, 7) is 7.02. The van der Waals surface area contributed by atoms with E-state index in [0.717, 1.165) is 12.8 Å². The molecule has 5 heteroatoms. The summed E-state index contributed by atoms with van der Waals surface area (Å²) in [5, 5.41) is 12.8. The molecule has 0 radical (unpaired) electrons. The fourth-order valence-corrected chi connectivity index (χ4v) is 2.30. The number of aliphatic hydroxyl groups is 1. The molecule has 3 atom stereocenters. The molecule has 2 unspecified atom stereocenters. The van der Waals surface area contributed by atoms with E-state index in [-0.39, 0.29) is 11.7 Å². The molecule has 1 saturated carbocycles. The molecule has 0 aliphatic heterocycles. The summed E-state index contributed by atoms with van der Waals surface area (Å²) < 4.78 is 5.13. The van der Waals surface area contributed by atoms with Gasteiger partial charge in [0.05, 0.1) is 12.1 Å². The number of amides is 1. The van der Waals surface area contributed by atoms with Gasteiger partial charge < -0.3 is 15.2 Å². The SMILES string of the molecule is C[C@H](NC(=O)OC(C)(C)C)C(O)C1CCCCC1=O. The highest BCUT2D eigenvalue weighted by Crippen LogP contribution is 2.25. The number of ketones is 1. The van der Waals surface area contributed by atoms with E-state index in [4.69, 9.17) is 4.74 Å². The molecule has 0 aromatic heterocycles. The van der Waals surface area contributed by atoms with Gasteiger partial charge in [0.1, 0.15) is 11.4 Å². The van der Waals surface area contributed by atoms with E-state index in [1.54, 1.807) is 27.7 Å². The van der Waals surface area contributed by atoms with Crippen LogP contribution in [0.15, 0.2) is 0 Å². The molecular formula is C14H25NO4. The lowest BCUT2D eigenvalue weighted by Gasteiger charge is -2.30. The summed E-state index contributed by atoms with van der Waals surface area (Å²) in [5.41, 5.74) is -0.574. The Hall–Kier alpha value is -1.10. The van der Waals surface area contributed by atoms with Gasteiger partial charge >= 0.3 is 6.09 Å². The predicted octanol–water partition coefficient (Wildman–Crippen LogP) is 2.02. The number of Topliss-reactive ketones (excluding diaryl/α,β-unsaturated/α-hetero) is 1. The van der Waals surface area contributed by atoms with Crippen molar-refractivity contribution in [2.45, 2.75) is 71.1 Å². The third-order valence-electron chi connectivity index (χ3n) is 3.27. The summed E-state index contributed by atoms with van der Waals surface area (Å²) >= 11 is 0. The second-order valence-corrected chi connectivity index (χ2v) is 6.24. The van der Waals surface area contributed by atoms with Gasteiger partial charge in [0.25, 0.3) is 0 Å². The molecule has 19 heavy (non-hydrogen) atoms. The standard InChI is InChI=1S/C14H25NO4/c1-9(15-13(18)19-14(2,3)4)12(17)10-7-5-6-8-11(10)16/h9-10,12,17H,5-8H2,1-4H3,(H,15,18)/t9-,10?,12?/m0/s1. The van der Waals surface area contributed by atoms with E-state index in [2.05, 4.69) is 5.32 Å². The maximum atomic E-state index is 11.8. The number of aliphatic hydroxyl groups excluding tert-OH is 1. The predicted molar refractivity (Wildman–Crippen MR) is 71.8 cm³/mol. The molecule has 1 rings (SSSR count). The number of ether oxygens (including phenoxy) is 1. The van der Waals surface area contributed by atoms with Gasteiger partial charge in [-0.3, -0.25) is 4.79 Å². The highest BCUT2D eigenvalue weighted by molar-refractivity contribution is 5.82. The van der Waals surface area contributed by atoms with Crippen LogP contribution in [0.5, 0.6) is 0 Å². The molecule has 1 amide bonds. The summed E-state index contributed by atoms with van der Waals surface area (Å²) in [5.74, 6) is -0.268. The van der Waals surface area contributed by atoms with Crippen LogP contribution >= 0.6 is 0 Å². The lowest BCUT2D eigenvalue weighted by Crippen LogP contribution is -2.48. The number of hydrogen-bond acceptors (Lipinski definition) is 4. The Morgan fingerprint density at radius 3 is 2.58 bits per heavy atom. The summed E-state index contributed by atoms with van der Waals surface area (Å²) in [6.07, 6.45) is 1.66. The van der Waals surface area contributed by atoms with E-state index < -0.39 is 23.8 Å². The molecule has 1 aliphatic carbocycles. The van der Waals surface area contributed by atoms with Gasteiger partial charge in [-0.15, -0.1) is 0 Å². The van der Waals surface area contributed by atoms with Gasteiger partial charge in [-0.25, -0.2) is 4.79 Å². The van der Waals surface area contributed by atoms with Crippen molar-refractivity contribution in [3.8, 4) is 0 Å². The minimum atomic E-state index is -0.847. The molecule has 0 bridgehead atoms. The van der Waals surface area contributed by atoms with Crippen LogP contribution in [-0.2, 0) is 9.53 Å². The normalized spacial score (nSPS) is 23.6. The van der Waals surface area contributed by atoms with E-state index in [0.29, 0.717) is 12.8 Å². The highest BCUT2D eigenvalue weighted by Gasteiger charge is 2.33. The molecule has 2 N–H and O–H groups in total. The first-order valence-electron chi connectivity index (χ1n) is 6.91. The largest absolute Gasteiger partial charge is 0.444 e. The van der Waals surface area contributed by atoms with Crippen LogP contribution in [0.1, 0.15) is 53.4 Å². The fraction of sp³-hybridized carbons (Fsp3) is 0.857. The van der Waals surface area contributed by atoms with Crippen molar-refractivity contribution < 1.29 is 19.4 Å². The number of hydrogen-bond donors (Lipinski definition) is 2. The van der Waals surface area contributed by atoms with Crippen molar-refractivity contribution >= 4 is 11.9 Å². The molecule has 0 aromatic rings. The van der Waals surface area contributed by atoms with Crippen molar-refractivity contribution in [1.29, 1.82) is 0 Å². The zero-order chi connectivity index (χ0) is 14.6. The molecule has 0 aromatic carbocycles. The Bertz CT molecular complexity index is 335. The molecule has 1 aliphatic rings. The number of carbonyl (C=O) groups excluding carboxylic acids is 2. The quantitative estimate of drug-likeness (QED) is 0.823. The summed E-state index contributed by atoms with van der Waals surface area (Å²) in [6, 6.07) is -0.498. The van der Waals surface area contributed by atoms with Crippen molar-refractivity contribution in [3.05, 3.63) is 0 Å². The van der Waals surface area contributed by atoms with Crippen LogP contribution in [0.25, 0.3) is 0 Å². The van der Waals surface area contributed by atoms with Crippen LogP contribution in [0.2, 0.25) is 0 Å². The summed E-state index contributed by atoms with van der Waals surface area (Å²) in [7, 11) is 0. The lowest BCUT2D eigenvalue weighted by molar-refractivity contribution is -0.129. The molecule has 0 heterocycles. The van der Waals surface area contributed by atoms with Crippen molar-refractivity contribution in [2.24, 2.45) is 5.92 Å². The third kappa shape index (κ3) is 5.19. The number of rotatable bonds is 3. The average molecular weight is 271 g/mol. The Balaban J connectivity index is 2.50. The number of nitrogens with one attached hydrogen (secondary N) is 1. The maximum absolute atomic E-state index is 11.8. The second kappa shape index (κ2) is 6.37. The zero-order valence-corrected chi connectivity index (χ0v) is 12.2. The van der Waals surface area contributed by atoms with E-state index >= 15 is 0 Å². The molecule has 0 spiro atoms. The number of carbonyl (C=O) groups is 2. The highest BCUT2D eigenvalue weighted by atomic mass is 16.6. The van der Waals surface area contributed by atoms with Gasteiger partial charge in [0.15, 0.2) is 0 Å². The van der Waals surface area contributed by atoms with Crippen LogP contribution < -0.4 is 5.32 Å². The van der Waals surface area contributed by atoms with E-state index in [9.17, 15) is 14.7 Å². The fourth-order valence-electron chi connectivity index (χ4n) is 2.30. The lowest BCUT2D eigenvalue weighted by atomic mass is 9.82. The smallest absolute Gasteiger partial charge is 0.407 e. The van der Waals surface area contributed by atoms with Gasteiger partial charge in [0, 0.05) is 12.3 Å². The average Bonchev–Trinajstić information content (AvgIpc) is 2.26. The first kappa shape index (κ1) is 16.0.